The number of halogens is 4. The molecule has 0 N–H and O–H groups in total. The number of hydrogen-bond donors (Lipinski definition) is 0. The third-order valence-electron chi connectivity index (χ3n) is 7.08. The Kier molecular flexibility index (Phi) is 12.0. The maximum atomic E-state index is 3.62. The predicted octanol–water partition coefficient (Wildman–Crippen LogP) is 6.81. The second-order valence-electron chi connectivity index (χ2n) is 9.29. The van der Waals surface area contributed by atoms with Gasteiger partial charge in [0.05, 0.1) is 0 Å². The molecule has 0 spiro atoms. The van der Waals surface area contributed by atoms with E-state index in [4.69, 9.17) is 0 Å². The molecule has 0 unspecified atom stereocenters. The van der Waals surface area contributed by atoms with Crippen LogP contribution in [0.2, 0.25) is 0 Å². The topological polar surface area (TPSA) is 0 Å². The van der Waals surface area contributed by atoms with Gasteiger partial charge in [-0.15, -0.1) is 0 Å². The van der Waals surface area contributed by atoms with Crippen LogP contribution in [-0.2, 0) is 25.7 Å². The van der Waals surface area contributed by atoms with Gasteiger partial charge in [0.2, 0.25) is 0 Å². The third-order valence-corrected chi connectivity index (χ3v) is 27.3. The Morgan fingerprint density at radius 1 is 0.324 bits per heavy atom. The Labute approximate surface area is 260 Å². The van der Waals surface area contributed by atoms with Crippen molar-refractivity contribution in [1.82, 2.24) is 0 Å². The second-order valence-corrected chi connectivity index (χ2v) is 27.3. The molecule has 0 aliphatic rings. The van der Waals surface area contributed by atoms with Crippen molar-refractivity contribution in [2.45, 2.75) is 25.7 Å². The zero-order chi connectivity index (χ0) is 26.1. The first-order valence-corrected chi connectivity index (χ1v) is 25.0. The predicted molar refractivity (Wildman–Crippen MR) is 180 cm³/mol. The van der Waals surface area contributed by atoms with Crippen LogP contribution in [-0.4, -0.2) is 42.5 Å². The van der Waals surface area contributed by atoms with Crippen molar-refractivity contribution < 1.29 is 0 Å². The van der Waals surface area contributed by atoms with E-state index in [1.807, 2.05) is 0 Å². The van der Waals surface area contributed by atoms with Gasteiger partial charge >= 0.3 is 264 Å². The Balaban J connectivity index is 1.98. The van der Waals surface area contributed by atoms with E-state index in [1.54, 1.807) is 0 Å². The van der Waals surface area contributed by atoms with Crippen molar-refractivity contribution in [3.8, 4) is 0 Å². The normalized spacial score (nSPS) is 11.6. The van der Waals surface area contributed by atoms with Crippen LogP contribution in [0, 0.1) is 0 Å². The van der Waals surface area contributed by atoms with Crippen LogP contribution in [0.25, 0.3) is 0 Å². The molecule has 5 heteroatoms. The summed E-state index contributed by atoms with van der Waals surface area (Å²) in [5.41, 5.74) is 5.54. The van der Waals surface area contributed by atoms with Gasteiger partial charge in [-0.05, 0) is 0 Å². The Morgan fingerprint density at radius 3 is 0.676 bits per heavy atom. The summed E-state index contributed by atoms with van der Waals surface area (Å²) in [7, 11) is 0. The summed E-state index contributed by atoms with van der Waals surface area (Å²) in [6.07, 6.45) is 4.20. The summed E-state index contributed by atoms with van der Waals surface area (Å²) in [6.45, 7) is 0. The molecule has 4 rings (SSSR count). The average molecular weight is 943 g/mol. The molecule has 0 aliphatic carbocycles. The van der Waals surface area contributed by atoms with Gasteiger partial charge < -0.3 is 0 Å². The molecule has 0 nitrogen and oxygen atoms in total. The van der Waals surface area contributed by atoms with E-state index >= 15 is 0 Å². The molecule has 37 heavy (non-hydrogen) atoms. The summed E-state index contributed by atoms with van der Waals surface area (Å²) in [5, 5.41) is 3.95. The fraction of sp³-hybridized carbons (Fsp3) is 0.250. The minimum absolute atomic E-state index is 0.987. The number of benzene rings is 4. The molecule has 0 fully saturated rings. The fourth-order valence-electron chi connectivity index (χ4n) is 5.12. The first kappa shape index (κ1) is 29.7. The van der Waals surface area contributed by atoms with E-state index in [1.165, 1.54) is 34.7 Å². The molecule has 0 radical (unpaired) electrons. The van der Waals surface area contributed by atoms with E-state index in [0.29, 0.717) is 0 Å². The van der Waals surface area contributed by atoms with E-state index in [0.717, 1.165) is 47.0 Å². The van der Waals surface area contributed by atoms with Gasteiger partial charge in [-0.2, -0.15) is 0 Å². The first-order chi connectivity index (χ1) is 18.1. The zero-order valence-corrected chi connectivity index (χ0v) is 31.1. The number of aryl methyl sites for hydroxylation is 4. The van der Waals surface area contributed by atoms with Crippen molar-refractivity contribution in [3.05, 3.63) is 119 Å². The number of hydrogen-bond acceptors (Lipinski definition) is 0. The number of alkyl halides is 4. The van der Waals surface area contributed by atoms with Gasteiger partial charge in [0, 0.05) is 0 Å². The molecule has 0 atom stereocenters. The van der Waals surface area contributed by atoms with E-state index in [2.05, 4.69) is 161 Å². The van der Waals surface area contributed by atoms with Crippen LogP contribution in [0.5, 0.6) is 0 Å². The van der Waals surface area contributed by atoms with Gasteiger partial charge in [0.15, 0.2) is 0 Å². The van der Waals surface area contributed by atoms with Crippen LogP contribution in [0.4, 0.5) is 0 Å². The van der Waals surface area contributed by atoms with Crippen LogP contribution in [0.1, 0.15) is 22.3 Å². The molecule has 0 aromatic heterocycles. The molecular weight excluding hydrogens is 911 g/mol. The zero-order valence-electron chi connectivity index (χ0n) is 20.9. The van der Waals surface area contributed by atoms with Gasteiger partial charge in [-0.1, -0.05) is 0 Å². The minimum atomic E-state index is -3.80. The van der Waals surface area contributed by atoms with Crippen molar-refractivity contribution in [1.29, 1.82) is 0 Å². The molecule has 0 saturated carbocycles. The average Bonchev–Trinajstić information content (AvgIpc) is 2.93. The van der Waals surface area contributed by atoms with Gasteiger partial charge in [0.1, 0.15) is 0 Å². The van der Waals surface area contributed by atoms with Crippen LogP contribution < -0.4 is 12.5 Å². The fourth-order valence-corrected chi connectivity index (χ4v) is 25.1. The second kappa shape index (κ2) is 14.9. The van der Waals surface area contributed by atoms with E-state index in [9.17, 15) is 0 Å². The molecule has 0 heterocycles. The summed E-state index contributed by atoms with van der Waals surface area (Å²) in [6, 6.07) is 38.3. The quantitative estimate of drug-likeness (QED) is 0.108. The molecule has 0 saturated heterocycles. The molecular formula is C32H32Br4Pb. The Bertz CT molecular complexity index is 1030. The first-order valence-electron chi connectivity index (χ1n) is 12.8. The Hall–Kier alpha value is -0.278. The van der Waals surface area contributed by atoms with Crippen molar-refractivity contribution in [3.63, 3.8) is 0 Å². The summed E-state index contributed by atoms with van der Waals surface area (Å²) in [5.74, 6) is 0. The van der Waals surface area contributed by atoms with E-state index < -0.39 is 21.2 Å². The van der Waals surface area contributed by atoms with Crippen LogP contribution in [0.15, 0.2) is 97.1 Å². The van der Waals surface area contributed by atoms with Crippen LogP contribution in [0.3, 0.4) is 0 Å². The number of rotatable bonds is 12. The molecule has 192 valence electrons. The Morgan fingerprint density at radius 2 is 0.514 bits per heavy atom. The van der Waals surface area contributed by atoms with Crippen molar-refractivity contribution >= 4 is 97.4 Å². The van der Waals surface area contributed by atoms with Crippen molar-refractivity contribution in [2.24, 2.45) is 0 Å². The van der Waals surface area contributed by atoms with Crippen molar-refractivity contribution in [2.75, 3.05) is 21.3 Å². The van der Waals surface area contributed by atoms with Crippen LogP contribution >= 0.6 is 63.7 Å². The van der Waals surface area contributed by atoms with Gasteiger partial charge in [-0.25, -0.2) is 0 Å². The van der Waals surface area contributed by atoms with Gasteiger partial charge in [0.25, 0.3) is 0 Å². The molecule has 0 bridgehead atoms. The molecule has 4 aromatic carbocycles. The molecule has 0 amide bonds. The monoisotopic (exact) mass is 940 g/mol. The maximum absolute atomic E-state index is 3.80. The standard InChI is InChI=1S/4C8H8Br.Pb/c4*9-7-6-8-4-2-1-3-5-8;/h4*2-5H,6-7H2;. The molecule has 0 aliphatic heterocycles. The summed E-state index contributed by atoms with van der Waals surface area (Å²) < 4.78 is 6.06. The summed E-state index contributed by atoms with van der Waals surface area (Å²) >= 11 is 10.7. The summed E-state index contributed by atoms with van der Waals surface area (Å²) in [4.78, 5) is 0. The third kappa shape index (κ3) is 7.08. The van der Waals surface area contributed by atoms with E-state index in [-0.39, 0.29) is 0 Å². The SMILES string of the molecule is BrCCc1cc[c]([Pb]([c]2ccc(CCBr)cc2)([c]2ccc(CCBr)cc2)[c]2ccc(CCBr)cc2)cc1. The molecule has 4 aromatic rings. The van der Waals surface area contributed by atoms with Gasteiger partial charge in [-0.3, -0.25) is 0 Å².